The molecule has 13 heavy (non-hydrogen) atoms. The van der Waals surface area contributed by atoms with Crippen LogP contribution in [0.4, 0.5) is 0 Å². The van der Waals surface area contributed by atoms with Crippen LogP contribution in [-0.4, -0.2) is 20.1 Å². The number of aromatic amines is 1. The fourth-order valence-electron chi connectivity index (χ4n) is 1.10. The van der Waals surface area contributed by atoms with Gasteiger partial charge in [-0.15, -0.1) is 0 Å². The smallest absolute Gasteiger partial charge is 0.137 e. The molecule has 0 amide bonds. The third kappa shape index (κ3) is 1.57. The number of imidazole rings is 1. The van der Waals surface area contributed by atoms with Crippen LogP contribution < -0.4 is 0 Å². The van der Waals surface area contributed by atoms with Crippen molar-refractivity contribution in [2.24, 2.45) is 0 Å². The maximum Gasteiger partial charge on any atom is 0.137 e. The molecule has 2 aromatic rings. The molecule has 2 aromatic heterocycles. The largest absolute Gasteiger partial charge is 0.390 e. The molecule has 0 saturated heterocycles. The zero-order valence-corrected chi connectivity index (χ0v) is 6.94. The summed E-state index contributed by atoms with van der Waals surface area (Å²) in [5.74, 6) is 0.756. The van der Waals surface area contributed by atoms with Gasteiger partial charge < -0.3 is 10.1 Å². The van der Waals surface area contributed by atoms with Crippen LogP contribution in [0.5, 0.6) is 0 Å². The van der Waals surface area contributed by atoms with E-state index in [1.165, 1.54) is 0 Å². The minimum Gasteiger partial charge on any atom is -0.390 e. The molecular formula is C9H9N3O. The van der Waals surface area contributed by atoms with Crippen molar-refractivity contribution in [2.45, 2.75) is 6.61 Å². The molecule has 0 aliphatic rings. The standard InChI is InChI=1S/C9H9N3O/c13-6-8-5-11-9(12-8)7-1-3-10-4-2-7/h1-5,13H,6H2,(H,11,12). The minimum atomic E-state index is -0.0401. The van der Waals surface area contributed by atoms with Gasteiger partial charge in [0.05, 0.1) is 12.3 Å². The van der Waals surface area contributed by atoms with Crippen LogP contribution in [0.15, 0.2) is 30.7 Å². The molecule has 0 unspecified atom stereocenters. The first-order valence-corrected chi connectivity index (χ1v) is 3.95. The van der Waals surface area contributed by atoms with Crippen molar-refractivity contribution in [1.29, 1.82) is 0 Å². The molecule has 0 aliphatic carbocycles. The van der Waals surface area contributed by atoms with Gasteiger partial charge in [-0.2, -0.15) is 0 Å². The first kappa shape index (κ1) is 7.94. The van der Waals surface area contributed by atoms with Crippen LogP contribution in [0.3, 0.4) is 0 Å². The van der Waals surface area contributed by atoms with E-state index < -0.39 is 0 Å². The molecule has 0 spiro atoms. The lowest BCUT2D eigenvalue weighted by Crippen LogP contribution is -1.83. The van der Waals surface area contributed by atoms with Gasteiger partial charge >= 0.3 is 0 Å². The molecule has 0 fully saturated rings. The van der Waals surface area contributed by atoms with Crippen molar-refractivity contribution in [3.05, 3.63) is 36.4 Å². The number of nitrogens with one attached hydrogen (secondary N) is 1. The highest BCUT2D eigenvalue weighted by molar-refractivity contribution is 5.53. The Labute approximate surface area is 75.3 Å². The van der Waals surface area contributed by atoms with Crippen LogP contribution in [-0.2, 0) is 6.61 Å². The summed E-state index contributed by atoms with van der Waals surface area (Å²) >= 11 is 0. The van der Waals surface area contributed by atoms with Crippen molar-refractivity contribution in [3.8, 4) is 11.4 Å². The Balaban J connectivity index is 2.36. The van der Waals surface area contributed by atoms with Gasteiger partial charge in [-0.1, -0.05) is 0 Å². The van der Waals surface area contributed by atoms with Crippen LogP contribution in [0.1, 0.15) is 5.69 Å². The molecule has 0 saturated carbocycles. The van der Waals surface area contributed by atoms with Crippen molar-refractivity contribution in [3.63, 3.8) is 0 Å². The molecule has 4 heteroatoms. The number of hydrogen-bond donors (Lipinski definition) is 2. The van der Waals surface area contributed by atoms with E-state index >= 15 is 0 Å². The van der Waals surface area contributed by atoms with E-state index in [-0.39, 0.29) is 6.61 Å². The first-order chi connectivity index (χ1) is 6.40. The highest BCUT2D eigenvalue weighted by Gasteiger charge is 2.01. The molecule has 0 aromatic carbocycles. The maximum atomic E-state index is 8.80. The van der Waals surface area contributed by atoms with E-state index in [0.29, 0.717) is 5.69 Å². The van der Waals surface area contributed by atoms with Crippen LogP contribution in [0.25, 0.3) is 11.4 Å². The van der Waals surface area contributed by atoms with Crippen molar-refractivity contribution >= 4 is 0 Å². The predicted molar refractivity (Wildman–Crippen MR) is 47.7 cm³/mol. The number of aliphatic hydroxyl groups excluding tert-OH is 1. The number of pyridine rings is 1. The lowest BCUT2D eigenvalue weighted by Gasteiger charge is -1.93. The molecule has 4 nitrogen and oxygen atoms in total. The molecular weight excluding hydrogens is 166 g/mol. The second-order valence-electron chi connectivity index (χ2n) is 2.63. The second kappa shape index (κ2) is 3.37. The molecule has 0 atom stereocenters. The van der Waals surface area contributed by atoms with Gasteiger partial charge in [0.1, 0.15) is 5.82 Å². The normalized spacial score (nSPS) is 10.2. The Morgan fingerprint density at radius 1 is 1.31 bits per heavy atom. The predicted octanol–water partition coefficient (Wildman–Crippen LogP) is 0.964. The third-order valence-electron chi connectivity index (χ3n) is 1.75. The Morgan fingerprint density at radius 3 is 2.69 bits per heavy atom. The number of H-pyrrole nitrogens is 1. The number of aromatic nitrogens is 3. The van der Waals surface area contributed by atoms with E-state index in [9.17, 15) is 0 Å². The molecule has 0 bridgehead atoms. The summed E-state index contributed by atoms with van der Waals surface area (Å²) in [6, 6.07) is 3.72. The summed E-state index contributed by atoms with van der Waals surface area (Å²) in [5.41, 5.74) is 1.61. The summed E-state index contributed by atoms with van der Waals surface area (Å²) in [6.07, 6.45) is 5.10. The average molecular weight is 175 g/mol. The summed E-state index contributed by atoms with van der Waals surface area (Å²) in [5, 5.41) is 8.80. The number of rotatable bonds is 2. The Kier molecular flexibility index (Phi) is 2.06. The van der Waals surface area contributed by atoms with Crippen LogP contribution in [0.2, 0.25) is 0 Å². The fourth-order valence-corrected chi connectivity index (χ4v) is 1.10. The monoisotopic (exact) mass is 175 g/mol. The fraction of sp³-hybridized carbons (Fsp3) is 0.111. The molecule has 2 N–H and O–H groups in total. The van der Waals surface area contributed by atoms with E-state index in [4.69, 9.17) is 5.11 Å². The summed E-state index contributed by atoms with van der Waals surface area (Å²) in [4.78, 5) is 11.0. The van der Waals surface area contributed by atoms with Crippen LogP contribution in [0, 0.1) is 0 Å². The zero-order chi connectivity index (χ0) is 9.10. The minimum absolute atomic E-state index is 0.0401. The quantitative estimate of drug-likeness (QED) is 0.714. The second-order valence-corrected chi connectivity index (χ2v) is 2.63. The van der Waals surface area contributed by atoms with Crippen LogP contribution >= 0.6 is 0 Å². The SMILES string of the molecule is OCc1c[nH]c(-c2ccncc2)n1. The topological polar surface area (TPSA) is 61.8 Å². The Morgan fingerprint density at radius 2 is 2.08 bits per heavy atom. The van der Waals surface area contributed by atoms with Gasteiger partial charge in [0.2, 0.25) is 0 Å². The van der Waals surface area contributed by atoms with E-state index in [1.807, 2.05) is 12.1 Å². The third-order valence-corrected chi connectivity index (χ3v) is 1.75. The lowest BCUT2D eigenvalue weighted by molar-refractivity contribution is 0.277. The Bertz CT molecular complexity index is 383. The molecule has 0 radical (unpaired) electrons. The van der Waals surface area contributed by atoms with E-state index in [0.717, 1.165) is 11.4 Å². The zero-order valence-electron chi connectivity index (χ0n) is 6.94. The molecule has 2 rings (SSSR count). The lowest BCUT2D eigenvalue weighted by atomic mass is 10.2. The van der Waals surface area contributed by atoms with Gasteiger partial charge in [0.15, 0.2) is 0 Å². The van der Waals surface area contributed by atoms with Gasteiger partial charge in [0, 0.05) is 24.2 Å². The number of nitrogens with zero attached hydrogens (tertiary/aromatic N) is 2. The average Bonchev–Trinajstić information content (AvgIpc) is 2.67. The van der Waals surface area contributed by atoms with Crippen molar-refractivity contribution in [2.75, 3.05) is 0 Å². The Hall–Kier alpha value is -1.68. The van der Waals surface area contributed by atoms with Crippen molar-refractivity contribution in [1.82, 2.24) is 15.0 Å². The summed E-state index contributed by atoms with van der Waals surface area (Å²) in [6.45, 7) is -0.0401. The summed E-state index contributed by atoms with van der Waals surface area (Å²) < 4.78 is 0. The van der Waals surface area contributed by atoms with E-state index in [2.05, 4.69) is 15.0 Å². The highest BCUT2D eigenvalue weighted by atomic mass is 16.3. The van der Waals surface area contributed by atoms with E-state index in [1.54, 1.807) is 18.6 Å². The van der Waals surface area contributed by atoms with Gasteiger partial charge in [-0.05, 0) is 12.1 Å². The molecule has 2 heterocycles. The molecule has 0 aliphatic heterocycles. The van der Waals surface area contributed by atoms with Gasteiger partial charge in [0.25, 0.3) is 0 Å². The number of hydrogen-bond acceptors (Lipinski definition) is 3. The molecule has 66 valence electrons. The highest BCUT2D eigenvalue weighted by Crippen LogP contribution is 2.13. The maximum absolute atomic E-state index is 8.80. The van der Waals surface area contributed by atoms with Crippen molar-refractivity contribution < 1.29 is 5.11 Å². The number of aliphatic hydroxyl groups is 1. The van der Waals surface area contributed by atoms with Gasteiger partial charge in [-0.25, -0.2) is 4.98 Å². The van der Waals surface area contributed by atoms with Gasteiger partial charge in [-0.3, -0.25) is 4.98 Å². The first-order valence-electron chi connectivity index (χ1n) is 3.95. The summed E-state index contributed by atoms with van der Waals surface area (Å²) in [7, 11) is 0.